The van der Waals surface area contributed by atoms with Crippen molar-refractivity contribution in [2.24, 2.45) is 11.3 Å². The number of nitriles is 1. The van der Waals surface area contributed by atoms with Crippen LogP contribution in [0.5, 0.6) is 0 Å². The minimum absolute atomic E-state index is 0.486. The molecule has 0 aromatic heterocycles. The van der Waals surface area contributed by atoms with Gasteiger partial charge in [0, 0.05) is 5.57 Å². The van der Waals surface area contributed by atoms with Gasteiger partial charge in [-0.05, 0) is 24.2 Å². The van der Waals surface area contributed by atoms with E-state index in [1.165, 1.54) is 6.42 Å². The molecule has 0 amide bonds. The molecule has 1 aliphatic carbocycles. The zero-order valence-electron chi connectivity index (χ0n) is 6.65. The Morgan fingerprint density at radius 2 is 2.30 bits per heavy atom. The van der Waals surface area contributed by atoms with Crippen LogP contribution < -0.4 is 0 Å². The molecule has 0 radical (unpaired) electrons. The highest BCUT2D eigenvalue weighted by Gasteiger charge is 2.45. The predicted molar refractivity (Wildman–Crippen MR) is 41.3 cm³/mol. The lowest BCUT2D eigenvalue weighted by molar-refractivity contribution is 0.559. The van der Waals surface area contributed by atoms with Crippen LogP contribution in [0.1, 0.15) is 26.7 Å². The van der Waals surface area contributed by atoms with Gasteiger partial charge in [-0.3, -0.25) is 0 Å². The van der Waals surface area contributed by atoms with Crippen molar-refractivity contribution >= 4 is 0 Å². The van der Waals surface area contributed by atoms with E-state index in [0.717, 1.165) is 17.9 Å². The molecule has 0 spiro atoms. The van der Waals surface area contributed by atoms with Crippen molar-refractivity contribution < 1.29 is 0 Å². The molecule has 0 saturated heterocycles. The van der Waals surface area contributed by atoms with Crippen LogP contribution in [-0.2, 0) is 0 Å². The van der Waals surface area contributed by atoms with E-state index in [4.69, 9.17) is 5.26 Å². The molecule has 1 unspecified atom stereocenters. The Morgan fingerprint density at radius 3 is 2.60 bits per heavy atom. The van der Waals surface area contributed by atoms with Crippen LogP contribution in [0.15, 0.2) is 12.2 Å². The quantitative estimate of drug-likeness (QED) is 0.534. The van der Waals surface area contributed by atoms with Gasteiger partial charge in [0.1, 0.15) is 0 Å². The highest BCUT2D eigenvalue weighted by molar-refractivity contribution is 5.19. The molecule has 1 heteroatoms. The van der Waals surface area contributed by atoms with Gasteiger partial charge in [-0.1, -0.05) is 20.4 Å². The molecule has 1 nitrogen and oxygen atoms in total. The van der Waals surface area contributed by atoms with Crippen LogP contribution >= 0.6 is 0 Å². The van der Waals surface area contributed by atoms with Crippen LogP contribution in [0, 0.1) is 22.7 Å². The number of hydrogen-bond acceptors (Lipinski definition) is 1. The third-order valence-electron chi connectivity index (χ3n) is 2.37. The van der Waals surface area contributed by atoms with Crippen LogP contribution in [0.3, 0.4) is 0 Å². The van der Waals surface area contributed by atoms with Gasteiger partial charge in [-0.25, -0.2) is 0 Å². The molecule has 0 N–H and O–H groups in total. The van der Waals surface area contributed by atoms with Crippen molar-refractivity contribution in [1.29, 1.82) is 5.26 Å². The van der Waals surface area contributed by atoms with Gasteiger partial charge in [-0.15, -0.1) is 0 Å². The molecule has 54 valence electrons. The summed E-state index contributed by atoms with van der Waals surface area (Å²) < 4.78 is 0. The Balaban J connectivity index is 2.33. The van der Waals surface area contributed by atoms with E-state index < -0.39 is 0 Å². The van der Waals surface area contributed by atoms with Crippen LogP contribution in [-0.4, -0.2) is 0 Å². The average molecular weight is 135 g/mol. The van der Waals surface area contributed by atoms with Crippen molar-refractivity contribution in [3.63, 3.8) is 0 Å². The second-order valence-corrected chi connectivity index (χ2v) is 3.81. The van der Waals surface area contributed by atoms with Crippen molar-refractivity contribution in [3.8, 4) is 6.07 Å². The first-order valence-electron chi connectivity index (χ1n) is 3.64. The lowest BCUT2D eigenvalue weighted by Crippen LogP contribution is -1.90. The van der Waals surface area contributed by atoms with Crippen LogP contribution in [0.4, 0.5) is 0 Å². The minimum atomic E-state index is 0.486. The summed E-state index contributed by atoms with van der Waals surface area (Å²) in [7, 11) is 0. The lowest BCUT2D eigenvalue weighted by Gasteiger charge is -1.99. The SMILES string of the molecule is C=C(C#N)CC1CC1(C)C. The van der Waals surface area contributed by atoms with Crippen molar-refractivity contribution in [3.05, 3.63) is 12.2 Å². The van der Waals surface area contributed by atoms with Gasteiger partial charge < -0.3 is 0 Å². The van der Waals surface area contributed by atoms with Crippen LogP contribution in [0.2, 0.25) is 0 Å². The standard InChI is InChI=1S/C9H13N/c1-7(6-10)4-8-5-9(8,2)3/h8H,1,4-5H2,2-3H3. The molecular weight excluding hydrogens is 122 g/mol. The molecule has 10 heavy (non-hydrogen) atoms. The summed E-state index contributed by atoms with van der Waals surface area (Å²) in [5.41, 5.74) is 1.22. The van der Waals surface area contributed by atoms with Gasteiger partial charge in [0.15, 0.2) is 0 Å². The number of allylic oxidation sites excluding steroid dienone is 1. The van der Waals surface area contributed by atoms with Gasteiger partial charge in [0.2, 0.25) is 0 Å². The first-order valence-corrected chi connectivity index (χ1v) is 3.64. The maximum atomic E-state index is 8.43. The first-order chi connectivity index (χ1) is 4.56. The lowest BCUT2D eigenvalue weighted by atomic mass is 10.0. The third kappa shape index (κ3) is 1.39. The molecule has 1 aliphatic rings. The van der Waals surface area contributed by atoms with Gasteiger partial charge in [-0.2, -0.15) is 5.26 Å². The van der Waals surface area contributed by atoms with E-state index >= 15 is 0 Å². The summed E-state index contributed by atoms with van der Waals surface area (Å²) in [6.45, 7) is 8.13. The smallest absolute Gasteiger partial charge is 0.0940 e. The molecule has 1 rings (SSSR count). The zero-order valence-corrected chi connectivity index (χ0v) is 6.65. The molecule has 0 aromatic carbocycles. The second kappa shape index (κ2) is 2.12. The fourth-order valence-electron chi connectivity index (χ4n) is 1.27. The van der Waals surface area contributed by atoms with E-state index in [2.05, 4.69) is 26.5 Å². The fourth-order valence-corrected chi connectivity index (χ4v) is 1.27. The zero-order chi connectivity index (χ0) is 7.78. The monoisotopic (exact) mass is 135 g/mol. The van der Waals surface area contributed by atoms with E-state index in [1.54, 1.807) is 0 Å². The third-order valence-corrected chi connectivity index (χ3v) is 2.37. The molecule has 0 aromatic rings. The van der Waals surface area contributed by atoms with Crippen molar-refractivity contribution in [1.82, 2.24) is 0 Å². The summed E-state index contributed by atoms with van der Waals surface area (Å²) in [4.78, 5) is 0. The maximum absolute atomic E-state index is 8.43. The van der Waals surface area contributed by atoms with E-state index in [0.29, 0.717) is 5.41 Å². The molecule has 0 bridgehead atoms. The minimum Gasteiger partial charge on any atom is -0.193 e. The summed E-state index contributed by atoms with van der Waals surface area (Å²) in [6, 6.07) is 2.08. The highest BCUT2D eigenvalue weighted by Crippen LogP contribution is 2.54. The van der Waals surface area contributed by atoms with Crippen LogP contribution in [0.25, 0.3) is 0 Å². The summed E-state index contributed by atoms with van der Waals surface area (Å²) in [5, 5.41) is 8.43. The van der Waals surface area contributed by atoms with Gasteiger partial charge in [0.05, 0.1) is 6.07 Å². The summed E-state index contributed by atoms with van der Waals surface area (Å²) in [5.74, 6) is 0.722. The summed E-state index contributed by atoms with van der Waals surface area (Å²) in [6.07, 6.45) is 2.16. The molecule has 1 saturated carbocycles. The predicted octanol–water partition coefficient (Wildman–Crippen LogP) is 2.50. The topological polar surface area (TPSA) is 23.8 Å². The Bertz CT molecular complexity index is 195. The summed E-state index contributed by atoms with van der Waals surface area (Å²) >= 11 is 0. The molecule has 1 fully saturated rings. The Kier molecular flexibility index (Phi) is 1.56. The normalized spacial score (nSPS) is 27.1. The Morgan fingerprint density at radius 1 is 1.80 bits per heavy atom. The van der Waals surface area contributed by atoms with Gasteiger partial charge in [0.25, 0.3) is 0 Å². The van der Waals surface area contributed by atoms with E-state index in [-0.39, 0.29) is 0 Å². The largest absolute Gasteiger partial charge is 0.193 e. The molecule has 0 heterocycles. The number of rotatable bonds is 2. The Hall–Kier alpha value is -0.770. The molecule has 0 aliphatic heterocycles. The number of nitrogens with zero attached hydrogens (tertiary/aromatic N) is 1. The average Bonchev–Trinajstić information content (AvgIpc) is 2.40. The first kappa shape index (κ1) is 7.34. The van der Waals surface area contributed by atoms with Crippen molar-refractivity contribution in [2.45, 2.75) is 26.7 Å². The number of hydrogen-bond donors (Lipinski definition) is 0. The second-order valence-electron chi connectivity index (χ2n) is 3.81. The molecular formula is C9H13N. The maximum Gasteiger partial charge on any atom is 0.0940 e. The molecule has 1 atom stereocenters. The fraction of sp³-hybridized carbons (Fsp3) is 0.667. The highest BCUT2D eigenvalue weighted by atomic mass is 14.5. The van der Waals surface area contributed by atoms with E-state index in [1.807, 2.05) is 0 Å². The van der Waals surface area contributed by atoms with Gasteiger partial charge >= 0.3 is 0 Å². The van der Waals surface area contributed by atoms with Crippen molar-refractivity contribution in [2.75, 3.05) is 0 Å². The van der Waals surface area contributed by atoms with E-state index in [9.17, 15) is 0 Å². The Labute approximate surface area is 62.4 Å².